The van der Waals surface area contributed by atoms with Crippen molar-refractivity contribution in [3.05, 3.63) is 46.9 Å². The van der Waals surface area contributed by atoms with Gasteiger partial charge in [0.15, 0.2) is 11.5 Å². The van der Waals surface area contributed by atoms with Gasteiger partial charge < -0.3 is 14.8 Å². The topological polar surface area (TPSA) is 94.1 Å². The van der Waals surface area contributed by atoms with E-state index in [1.807, 2.05) is 57.6 Å². The summed E-state index contributed by atoms with van der Waals surface area (Å²) in [5.74, 6) is 1.33. The molecule has 0 radical (unpaired) electrons. The number of amides is 1. The number of carbonyl (C=O) groups excluding carboxylic acids is 1. The van der Waals surface area contributed by atoms with Crippen molar-refractivity contribution in [1.29, 1.82) is 0 Å². The van der Waals surface area contributed by atoms with Crippen LogP contribution < -0.4 is 14.8 Å². The highest BCUT2D eigenvalue weighted by molar-refractivity contribution is 5.93. The van der Waals surface area contributed by atoms with Crippen molar-refractivity contribution in [3.8, 4) is 22.8 Å². The third-order valence-electron chi connectivity index (χ3n) is 5.47. The van der Waals surface area contributed by atoms with E-state index in [-0.39, 0.29) is 17.9 Å². The lowest BCUT2D eigenvalue weighted by atomic mass is 9.95. The van der Waals surface area contributed by atoms with Crippen LogP contribution in [0, 0.1) is 19.8 Å². The Bertz CT molecular complexity index is 1080. The average molecular weight is 440 g/mol. The summed E-state index contributed by atoms with van der Waals surface area (Å²) in [5, 5.41) is 14.8. The van der Waals surface area contributed by atoms with Crippen LogP contribution >= 0.6 is 0 Å². The lowest BCUT2D eigenvalue weighted by molar-refractivity contribution is 0.0920. The summed E-state index contributed by atoms with van der Waals surface area (Å²) >= 11 is 0. The van der Waals surface area contributed by atoms with Crippen molar-refractivity contribution in [2.45, 2.75) is 47.6 Å². The van der Waals surface area contributed by atoms with E-state index in [9.17, 15) is 4.79 Å². The normalized spacial score (nSPS) is 12.1. The monoisotopic (exact) mass is 439 g/mol. The summed E-state index contributed by atoms with van der Waals surface area (Å²) in [6.45, 7) is 13.0. The maximum Gasteiger partial charge on any atom is 0.269 e. The first-order valence-corrected chi connectivity index (χ1v) is 11.0. The highest BCUT2D eigenvalue weighted by Crippen LogP contribution is 2.33. The van der Waals surface area contributed by atoms with Gasteiger partial charge in [0.1, 0.15) is 5.69 Å². The Kier molecular flexibility index (Phi) is 7.22. The van der Waals surface area contributed by atoms with E-state index in [1.54, 1.807) is 6.07 Å². The Morgan fingerprint density at radius 3 is 2.41 bits per heavy atom. The molecule has 0 spiro atoms. The largest absolute Gasteiger partial charge is 0.490 e. The van der Waals surface area contributed by atoms with Gasteiger partial charge in [-0.3, -0.25) is 14.6 Å². The van der Waals surface area contributed by atoms with Gasteiger partial charge in [0.05, 0.1) is 30.6 Å². The molecule has 2 aromatic heterocycles. The number of rotatable bonds is 9. The molecule has 1 amide bonds. The predicted octanol–water partition coefficient (Wildman–Crippen LogP) is 4.35. The number of aromatic nitrogens is 4. The number of nitrogens with one attached hydrogen (secondary N) is 2. The summed E-state index contributed by atoms with van der Waals surface area (Å²) in [7, 11) is 1.90. The van der Waals surface area contributed by atoms with Crippen LogP contribution in [0.1, 0.15) is 61.2 Å². The second-order valence-corrected chi connectivity index (χ2v) is 8.10. The summed E-state index contributed by atoms with van der Waals surface area (Å²) in [5.41, 5.74) is 4.89. The number of hydrogen-bond donors (Lipinski definition) is 2. The Balaban J connectivity index is 1.85. The number of hydrogen-bond acceptors (Lipinski definition) is 5. The third kappa shape index (κ3) is 4.79. The molecule has 3 rings (SSSR count). The molecule has 8 nitrogen and oxygen atoms in total. The molecule has 0 bridgehead atoms. The molecule has 0 saturated heterocycles. The van der Waals surface area contributed by atoms with Crippen molar-refractivity contribution in [3.63, 3.8) is 0 Å². The first kappa shape index (κ1) is 23.4. The van der Waals surface area contributed by atoms with Crippen molar-refractivity contribution < 1.29 is 14.3 Å². The van der Waals surface area contributed by atoms with E-state index in [0.29, 0.717) is 36.1 Å². The molecule has 32 heavy (non-hydrogen) atoms. The van der Waals surface area contributed by atoms with E-state index in [1.165, 1.54) is 0 Å². The zero-order chi connectivity index (χ0) is 23.4. The molecule has 1 atom stereocenters. The van der Waals surface area contributed by atoms with Crippen LogP contribution in [0.2, 0.25) is 0 Å². The third-order valence-corrected chi connectivity index (χ3v) is 5.47. The number of ether oxygens (including phenoxy) is 2. The summed E-state index contributed by atoms with van der Waals surface area (Å²) in [6, 6.07) is 7.38. The minimum Gasteiger partial charge on any atom is -0.490 e. The molecular weight excluding hydrogens is 406 g/mol. The lowest BCUT2D eigenvalue weighted by Crippen LogP contribution is -2.32. The van der Waals surface area contributed by atoms with Gasteiger partial charge in [0.25, 0.3) is 5.91 Å². The maximum atomic E-state index is 13.1. The molecule has 172 valence electrons. The van der Waals surface area contributed by atoms with E-state index >= 15 is 0 Å². The second kappa shape index (κ2) is 9.89. The maximum absolute atomic E-state index is 13.1. The fourth-order valence-electron chi connectivity index (χ4n) is 3.83. The first-order chi connectivity index (χ1) is 15.3. The molecule has 3 aromatic rings. The Hall–Kier alpha value is -3.29. The van der Waals surface area contributed by atoms with Crippen LogP contribution in [0.25, 0.3) is 11.3 Å². The molecule has 2 heterocycles. The predicted molar refractivity (Wildman–Crippen MR) is 124 cm³/mol. The van der Waals surface area contributed by atoms with Crippen molar-refractivity contribution in [2.24, 2.45) is 13.0 Å². The van der Waals surface area contributed by atoms with Crippen molar-refractivity contribution in [1.82, 2.24) is 25.3 Å². The minimum atomic E-state index is -0.214. The van der Waals surface area contributed by atoms with Crippen molar-refractivity contribution >= 4 is 5.91 Å². The minimum absolute atomic E-state index is 0.163. The quantitative estimate of drug-likeness (QED) is 0.517. The molecule has 0 aliphatic rings. The van der Waals surface area contributed by atoms with Gasteiger partial charge in [-0.05, 0) is 57.4 Å². The lowest BCUT2D eigenvalue weighted by Gasteiger charge is -2.24. The van der Waals surface area contributed by atoms with Crippen LogP contribution in [0.3, 0.4) is 0 Å². The van der Waals surface area contributed by atoms with Gasteiger partial charge in [-0.25, -0.2) is 0 Å². The van der Waals surface area contributed by atoms with Gasteiger partial charge in [-0.15, -0.1) is 0 Å². The SMILES string of the molecule is CCOc1ccc(C(NC(=O)c2cc(-c3c(C)nn(C)c3C)n[nH]2)C(C)C)cc1OCC. The number of nitrogens with zero attached hydrogens (tertiary/aromatic N) is 3. The Labute approximate surface area is 189 Å². The van der Waals surface area contributed by atoms with Gasteiger partial charge >= 0.3 is 0 Å². The average Bonchev–Trinajstić information content (AvgIpc) is 3.32. The summed E-state index contributed by atoms with van der Waals surface area (Å²) in [6.07, 6.45) is 0. The number of H-pyrrole nitrogens is 1. The second-order valence-electron chi connectivity index (χ2n) is 8.10. The van der Waals surface area contributed by atoms with Crippen LogP contribution in [0.15, 0.2) is 24.3 Å². The fourth-order valence-corrected chi connectivity index (χ4v) is 3.83. The number of aryl methyl sites for hydroxylation is 2. The number of aromatic amines is 1. The zero-order valence-corrected chi connectivity index (χ0v) is 19.9. The highest BCUT2D eigenvalue weighted by atomic mass is 16.5. The molecule has 0 fully saturated rings. The van der Waals surface area contributed by atoms with Crippen molar-refractivity contribution in [2.75, 3.05) is 13.2 Å². The molecule has 0 saturated carbocycles. The molecular formula is C24H33N5O3. The van der Waals surface area contributed by atoms with Gasteiger partial charge in [0, 0.05) is 18.3 Å². The van der Waals surface area contributed by atoms with E-state index in [0.717, 1.165) is 22.5 Å². The molecule has 0 aliphatic carbocycles. The summed E-state index contributed by atoms with van der Waals surface area (Å²) < 4.78 is 13.2. The van der Waals surface area contributed by atoms with Crippen LogP contribution in [-0.4, -0.2) is 39.1 Å². The first-order valence-electron chi connectivity index (χ1n) is 11.0. The van der Waals surface area contributed by atoms with E-state index in [4.69, 9.17) is 9.47 Å². The molecule has 2 N–H and O–H groups in total. The molecule has 1 unspecified atom stereocenters. The number of carbonyl (C=O) groups is 1. The smallest absolute Gasteiger partial charge is 0.269 e. The standard InChI is InChI=1S/C24H33N5O3/c1-8-31-20-11-10-17(12-21(20)32-9-2)23(14(3)4)25-24(30)19-13-18(26-27-19)22-15(5)28-29(7)16(22)6/h10-14,23H,8-9H2,1-7H3,(H,25,30)(H,26,27). The molecule has 1 aromatic carbocycles. The van der Waals surface area contributed by atoms with E-state index in [2.05, 4.69) is 34.5 Å². The van der Waals surface area contributed by atoms with Crippen LogP contribution in [0.5, 0.6) is 11.5 Å². The summed E-state index contributed by atoms with van der Waals surface area (Å²) in [4.78, 5) is 13.1. The molecule has 8 heteroatoms. The highest BCUT2D eigenvalue weighted by Gasteiger charge is 2.23. The van der Waals surface area contributed by atoms with Gasteiger partial charge in [0.2, 0.25) is 0 Å². The molecule has 0 aliphatic heterocycles. The van der Waals surface area contributed by atoms with E-state index < -0.39 is 0 Å². The fraction of sp³-hybridized carbons (Fsp3) is 0.458. The number of benzene rings is 1. The Morgan fingerprint density at radius 2 is 1.81 bits per heavy atom. The van der Waals surface area contributed by atoms with Crippen LogP contribution in [0.4, 0.5) is 0 Å². The van der Waals surface area contributed by atoms with Gasteiger partial charge in [-0.2, -0.15) is 10.2 Å². The zero-order valence-electron chi connectivity index (χ0n) is 19.9. The Morgan fingerprint density at radius 1 is 1.12 bits per heavy atom. The van der Waals surface area contributed by atoms with Gasteiger partial charge in [-0.1, -0.05) is 19.9 Å². The van der Waals surface area contributed by atoms with Crippen LogP contribution in [-0.2, 0) is 7.05 Å².